The lowest BCUT2D eigenvalue weighted by Gasteiger charge is -2.34. The molecule has 2 rings (SSSR count). The van der Waals surface area contributed by atoms with Crippen LogP contribution in [0.4, 0.5) is 0 Å². The van der Waals surface area contributed by atoms with Gasteiger partial charge in [-0.2, -0.15) is 4.31 Å². The SMILES string of the molecule is Cc1ccc(CNC(C)C)cc1S(=O)(=O)N(C)C1CCC1. The van der Waals surface area contributed by atoms with Crippen molar-refractivity contribution in [1.29, 1.82) is 0 Å². The number of nitrogens with one attached hydrogen (secondary N) is 1. The highest BCUT2D eigenvalue weighted by Gasteiger charge is 2.32. The van der Waals surface area contributed by atoms with Crippen molar-refractivity contribution in [3.63, 3.8) is 0 Å². The fourth-order valence-corrected chi connectivity index (χ4v) is 4.14. The zero-order valence-electron chi connectivity index (χ0n) is 13.4. The van der Waals surface area contributed by atoms with E-state index in [4.69, 9.17) is 0 Å². The van der Waals surface area contributed by atoms with E-state index < -0.39 is 10.0 Å². The van der Waals surface area contributed by atoms with E-state index in [0.29, 0.717) is 17.5 Å². The van der Waals surface area contributed by atoms with Crippen LogP contribution in [-0.2, 0) is 16.6 Å². The van der Waals surface area contributed by atoms with Crippen LogP contribution in [0.15, 0.2) is 23.1 Å². The van der Waals surface area contributed by atoms with Crippen LogP contribution < -0.4 is 5.32 Å². The standard InChI is InChI=1S/C16H26N2O2S/c1-12(2)17-11-14-9-8-13(3)16(10-14)21(19,20)18(4)15-6-5-7-15/h8-10,12,15,17H,5-7,11H2,1-4H3. The number of rotatable bonds is 6. The summed E-state index contributed by atoms with van der Waals surface area (Å²) in [6.07, 6.45) is 3.08. The summed E-state index contributed by atoms with van der Waals surface area (Å²) in [7, 11) is -1.68. The van der Waals surface area contributed by atoms with Gasteiger partial charge in [0.05, 0.1) is 4.90 Å². The lowest BCUT2D eigenvalue weighted by Crippen LogP contribution is -2.41. The molecule has 1 aliphatic rings. The van der Waals surface area contributed by atoms with Crippen LogP contribution in [0, 0.1) is 6.92 Å². The molecule has 0 amide bonds. The van der Waals surface area contributed by atoms with E-state index in [1.165, 1.54) is 0 Å². The molecule has 1 aliphatic carbocycles. The van der Waals surface area contributed by atoms with E-state index in [9.17, 15) is 8.42 Å². The average Bonchev–Trinajstić information content (AvgIpc) is 2.35. The van der Waals surface area contributed by atoms with Crippen molar-refractivity contribution in [1.82, 2.24) is 9.62 Å². The smallest absolute Gasteiger partial charge is 0.243 e. The van der Waals surface area contributed by atoms with Crippen molar-refractivity contribution < 1.29 is 8.42 Å². The topological polar surface area (TPSA) is 49.4 Å². The molecule has 0 saturated heterocycles. The third-order valence-electron chi connectivity index (χ3n) is 4.21. The Morgan fingerprint density at radius 1 is 1.33 bits per heavy atom. The number of aryl methyl sites for hydroxylation is 1. The number of hydrogen-bond donors (Lipinski definition) is 1. The van der Waals surface area contributed by atoms with Crippen LogP contribution in [0.5, 0.6) is 0 Å². The molecular formula is C16H26N2O2S. The molecule has 1 fully saturated rings. The Morgan fingerprint density at radius 3 is 2.52 bits per heavy atom. The summed E-state index contributed by atoms with van der Waals surface area (Å²) in [4.78, 5) is 0.444. The molecule has 0 bridgehead atoms. The van der Waals surface area contributed by atoms with Gasteiger partial charge in [-0.25, -0.2) is 8.42 Å². The van der Waals surface area contributed by atoms with Gasteiger partial charge in [-0.3, -0.25) is 0 Å². The van der Waals surface area contributed by atoms with Gasteiger partial charge in [0.25, 0.3) is 0 Å². The largest absolute Gasteiger partial charge is 0.310 e. The molecule has 1 aromatic rings. The summed E-state index contributed by atoms with van der Waals surface area (Å²) in [6, 6.07) is 6.26. The minimum atomic E-state index is -3.39. The summed E-state index contributed by atoms with van der Waals surface area (Å²) in [6.45, 7) is 6.71. The fraction of sp³-hybridized carbons (Fsp3) is 0.625. The van der Waals surface area contributed by atoms with Crippen molar-refractivity contribution in [2.45, 2.75) is 63.6 Å². The minimum Gasteiger partial charge on any atom is -0.310 e. The van der Waals surface area contributed by atoms with Crippen molar-refractivity contribution >= 4 is 10.0 Å². The lowest BCUT2D eigenvalue weighted by molar-refractivity contribution is 0.249. The van der Waals surface area contributed by atoms with Crippen molar-refractivity contribution in [3.8, 4) is 0 Å². The van der Waals surface area contributed by atoms with Crippen LogP contribution in [0.1, 0.15) is 44.2 Å². The highest BCUT2D eigenvalue weighted by atomic mass is 32.2. The third kappa shape index (κ3) is 3.65. The summed E-state index contributed by atoms with van der Waals surface area (Å²) < 4.78 is 27.1. The van der Waals surface area contributed by atoms with Gasteiger partial charge in [-0.05, 0) is 37.0 Å². The summed E-state index contributed by atoms with van der Waals surface area (Å²) >= 11 is 0. The van der Waals surface area contributed by atoms with E-state index in [2.05, 4.69) is 19.2 Å². The lowest BCUT2D eigenvalue weighted by atomic mass is 9.94. The normalized spacial score (nSPS) is 16.5. The maximum Gasteiger partial charge on any atom is 0.243 e. The van der Waals surface area contributed by atoms with E-state index >= 15 is 0 Å². The Labute approximate surface area is 128 Å². The first-order valence-corrected chi connectivity index (χ1v) is 9.07. The molecule has 0 heterocycles. The van der Waals surface area contributed by atoms with Gasteiger partial charge >= 0.3 is 0 Å². The van der Waals surface area contributed by atoms with Gasteiger partial charge in [0.2, 0.25) is 10.0 Å². The van der Waals surface area contributed by atoms with Gasteiger partial charge in [-0.15, -0.1) is 0 Å². The highest BCUT2D eigenvalue weighted by molar-refractivity contribution is 7.89. The molecule has 118 valence electrons. The first kappa shape index (κ1) is 16.5. The minimum absolute atomic E-state index is 0.173. The van der Waals surface area contributed by atoms with E-state index in [1.807, 2.05) is 25.1 Å². The average molecular weight is 310 g/mol. The molecule has 1 saturated carbocycles. The molecule has 0 spiro atoms. The highest BCUT2D eigenvalue weighted by Crippen LogP contribution is 2.29. The van der Waals surface area contributed by atoms with Gasteiger partial charge in [0.15, 0.2) is 0 Å². The molecule has 0 unspecified atom stereocenters. The molecule has 0 radical (unpaired) electrons. The number of benzene rings is 1. The summed E-state index contributed by atoms with van der Waals surface area (Å²) in [5.41, 5.74) is 1.82. The first-order valence-electron chi connectivity index (χ1n) is 7.63. The summed E-state index contributed by atoms with van der Waals surface area (Å²) in [5.74, 6) is 0. The Bertz CT molecular complexity index is 592. The van der Waals surface area contributed by atoms with Gasteiger partial charge in [-0.1, -0.05) is 32.4 Å². The van der Waals surface area contributed by atoms with E-state index in [1.54, 1.807) is 11.4 Å². The predicted octanol–water partition coefficient (Wildman–Crippen LogP) is 2.67. The quantitative estimate of drug-likeness (QED) is 0.879. The maximum atomic E-state index is 12.8. The van der Waals surface area contributed by atoms with Crippen molar-refractivity contribution in [2.75, 3.05) is 7.05 Å². The second-order valence-electron chi connectivity index (χ2n) is 6.24. The van der Waals surface area contributed by atoms with Crippen LogP contribution in [-0.4, -0.2) is 31.9 Å². The van der Waals surface area contributed by atoms with Crippen LogP contribution in [0.3, 0.4) is 0 Å². The maximum absolute atomic E-state index is 12.8. The van der Waals surface area contributed by atoms with Gasteiger partial charge < -0.3 is 5.32 Å². The van der Waals surface area contributed by atoms with E-state index in [-0.39, 0.29) is 6.04 Å². The Hall–Kier alpha value is -0.910. The molecule has 21 heavy (non-hydrogen) atoms. The van der Waals surface area contributed by atoms with Gasteiger partial charge in [0, 0.05) is 25.7 Å². The summed E-state index contributed by atoms with van der Waals surface area (Å²) in [5, 5.41) is 3.33. The molecule has 0 aliphatic heterocycles. The number of hydrogen-bond acceptors (Lipinski definition) is 3. The second-order valence-corrected chi connectivity index (χ2v) is 8.21. The third-order valence-corrected chi connectivity index (χ3v) is 6.26. The zero-order chi connectivity index (χ0) is 15.6. The van der Waals surface area contributed by atoms with Crippen LogP contribution >= 0.6 is 0 Å². The Kier molecular flexibility index (Phi) is 5.07. The number of sulfonamides is 1. The molecule has 4 nitrogen and oxygen atoms in total. The number of nitrogens with zero attached hydrogens (tertiary/aromatic N) is 1. The van der Waals surface area contributed by atoms with Crippen LogP contribution in [0.25, 0.3) is 0 Å². The monoisotopic (exact) mass is 310 g/mol. The second kappa shape index (κ2) is 6.46. The van der Waals surface area contributed by atoms with Crippen molar-refractivity contribution in [2.24, 2.45) is 0 Å². The van der Waals surface area contributed by atoms with Gasteiger partial charge in [0.1, 0.15) is 0 Å². The predicted molar refractivity (Wildman–Crippen MR) is 85.7 cm³/mol. The molecule has 1 aromatic carbocycles. The van der Waals surface area contributed by atoms with E-state index in [0.717, 1.165) is 30.4 Å². The molecular weight excluding hydrogens is 284 g/mol. The van der Waals surface area contributed by atoms with Crippen LogP contribution in [0.2, 0.25) is 0 Å². The van der Waals surface area contributed by atoms with Crippen molar-refractivity contribution in [3.05, 3.63) is 29.3 Å². The fourth-order valence-electron chi connectivity index (χ4n) is 2.46. The Balaban J connectivity index is 2.26. The zero-order valence-corrected chi connectivity index (χ0v) is 14.2. The molecule has 0 aromatic heterocycles. The Morgan fingerprint density at radius 2 is 2.00 bits per heavy atom. The molecule has 0 atom stereocenters. The molecule has 5 heteroatoms. The first-order chi connectivity index (χ1) is 9.82. The molecule has 1 N–H and O–H groups in total.